The third-order valence-corrected chi connectivity index (χ3v) is 8.49. The first kappa shape index (κ1) is 23.1. The van der Waals surface area contributed by atoms with E-state index < -0.39 is 10.0 Å². The summed E-state index contributed by atoms with van der Waals surface area (Å²) in [5, 5.41) is 2.67. The van der Waals surface area contributed by atoms with Crippen molar-refractivity contribution < 1.29 is 13.2 Å². The quantitative estimate of drug-likeness (QED) is 0.473. The highest BCUT2D eigenvalue weighted by atomic mass is 32.2. The van der Waals surface area contributed by atoms with Gasteiger partial charge in [0.1, 0.15) is 0 Å². The highest BCUT2D eigenvalue weighted by Gasteiger charge is 2.40. The summed E-state index contributed by atoms with van der Waals surface area (Å²) < 4.78 is 27.9. The molecule has 4 rings (SSSR count). The molecule has 1 aliphatic carbocycles. The zero-order valence-corrected chi connectivity index (χ0v) is 20.2. The van der Waals surface area contributed by atoms with Gasteiger partial charge in [0.05, 0.1) is 17.5 Å². The lowest BCUT2D eigenvalue weighted by molar-refractivity contribution is 0.102. The number of nitrogens with zero attached hydrogens (tertiary/aromatic N) is 1. The van der Waals surface area contributed by atoms with Crippen LogP contribution in [-0.4, -0.2) is 19.6 Å². The molecule has 0 spiro atoms. The summed E-state index contributed by atoms with van der Waals surface area (Å²) in [7, 11) is -3.43. The zero-order valence-electron chi connectivity index (χ0n) is 19.3. The van der Waals surface area contributed by atoms with Crippen LogP contribution in [0.5, 0.6) is 0 Å². The number of hydrogen-bond donors (Lipinski definition) is 1. The molecule has 5 nitrogen and oxygen atoms in total. The van der Waals surface area contributed by atoms with E-state index in [1.165, 1.54) is 4.31 Å². The summed E-state index contributed by atoms with van der Waals surface area (Å²) in [6, 6.07) is 20.7. The lowest BCUT2D eigenvalue weighted by Crippen LogP contribution is -2.33. The minimum absolute atomic E-state index is 0.181. The average molecular weight is 463 g/mol. The molecule has 1 saturated carbocycles. The first-order chi connectivity index (χ1) is 15.8. The summed E-state index contributed by atoms with van der Waals surface area (Å²) in [4.78, 5) is 12.7. The van der Waals surface area contributed by atoms with Gasteiger partial charge in [0.25, 0.3) is 5.91 Å². The Bertz CT molecular complexity index is 1260. The number of benzene rings is 3. The van der Waals surface area contributed by atoms with Crippen molar-refractivity contribution in [2.24, 2.45) is 0 Å². The third-order valence-electron chi connectivity index (χ3n) is 6.22. The second kappa shape index (κ2) is 9.40. The maximum atomic E-state index is 13.2. The molecule has 0 unspecified atom stereocenters. The molecule has 1 N–H and O–H groups in total. The molecule has 0 saturated heterocycles. The van der Waals surface area contributed by atoms with Gasteiger partial charge in [-0.05, 0) is 85.7 Å². The molecule has 0 radical (unpaired) electrons. The number of nitrogens with one attached hydrogen (secondary N) is 1. The molecule has 1 aliphatic rings. The van der Waals surface area contributed by atoms with Gasteiger partial charge < -0.3 is 5.32 Å². The highest BCUT2D eigenvalue weighted by molar-refractivity contribution is 7.93. The van der Waals surface area contributed by atoms with Crippen LogP contribution in [0.1, 0.15) is 52.4 Å². The maximum Gasteiger partial charge on any atom is 0.255 e. The van der Waals surface area contributed by atoms with Crippen molar-refractivity contribution in [3.05, 3.63) is 94.5 Å². The molecule has 0 aliphatic heterocycles. The predicted molar refractivity (Wildman–Crippen MR) is 134 cm³/mol. The lowest BCUT2D eigenvalue weighted by Gasteiger charge is -2.25. The van der Waals surface area contributed by atoms with Gasteiger partial charge >= 0.3 is 0 Å². The van der Waals surface area contributed by atoms with Gasteiger partial charge in [-0.15, -0.1) is 0 Å². The van der Waals surface area contributed by atoms with Crippen molar-refractivity contribution in [1.29, 1.82) is 0 Å². The Morgan fingerprint density at radius 2 is 1.67 bits per heavy atom. The number of aryl methyl sites for hydroxylation is 3. The molecule has 0 atom stereocenters. The van der Waals surface area contributed by atoms with Gasteiger partial charge in [-0.3, -0.25) is 9.10 Å². The number of carbonyl (C=O) groups excluding carboxylic acids is 1. The molecule has 1 fully saturated rings. The third kappa shape index (κ3) is 5.11. The largest absolute Gasteiger partial charge is 0.322 e. The molecule has 0 aromatic heterocycles. The van der Waals surface area contributed by atoms with Crippen LogP contribution < -0.4 is 9.62 Å². The average Bonchev–Trinajstić information content (AvgIpc) is 3.66. The Morgan fingerprint density at radius 1 is 0.970 bits per heavy atom. The second-order valence-corrected chi connectivity index (χ2v) is 10.8. The molecule has 33 heavy (non-hydrogen) atoms. The van der Waals surface area contributed by atoms with Crippen LogP contribution in [0.15, 0.2) is 66.7 Å². The zero-order chi connectivity index (χ0) is 23.6. The van der Waals surface area contributed by atoms with Crippen molar-refractivity contribution >= 4 is 27.3 Å². The van der Waals surface area contributed by atoms with Crippen molar-refractivity contribution in [3.8, 4) is 0 Å². The van der Waals surface area contributed by atoms with Gasteiger partial charge in [0.2, 0.25) is 10.0 Å². The number of sulfonamides is 1. The SMILES string of the molecule is CCc1ccccc1NC(=O)c1ccc(CN(c2ccc(C)c(C)c2)S(=O)(=O)C2CC2)cc1. The summed E-state index contributed by atoms with van der Waals surface area (Å²) in [6.07, 6.45) is 2.25. The Balaban J connectivity index is 1.55. The number of hydrogen-bond acceptors (Lipinski definition) is 3. The van der Waals surface area contributed by atoms with E-state index >= 15 is 0 Å². The fourth-order valence-electron chi connectivity index (χ4n) is 3.83. The van der Waals surface area contributed by atoms with Crippen LogP contribution >= 0.6 is 0 Å². The van der Waals surface area contributed by atoms with Crippen molar-refractivity contribution in [1.82, 2.24) is 0 Å². The Morgan fingerprint density at radius 3 is 2.30 bits per heavy atom. The molecule has 3 aromatic carbocycles. The Hall–Kier alpha value is -3.12. The molecule has 0 heterocycles. The van der Waals surface area contributed by atoms with Crippen molar-refractivity contribution in [2.75, 3.05) is 9.62 Å². The summed E-state index contributed by atoms with van der Waals surface area (Å²) in [5.41, 5.74) is 6.13. The monoisotopic (exact) mass is 462 g/mol. The van der Waals surface area contributed by atoms with Crippen LogP contribution in [0, 0.1) is 13.8 Å². The Labute approximate surface area is 196 Å². The molecular formula is C27H30N2O3S. The Kier molecular flexibility index (Phi) is 6.56. The summed E-state index contributed by atoms with van der Waals surface area (Å²) >= 11 is 0. The van der Waals surface area contributed by atoms with E-state index in [4.69, 9.17) is 0 Å². The predicted octanol–water partition coefficient (Wildman–Crippen LogP) is 5.62. The number of anilines is 2. The minimum atomic E-state index is -3.43. The fourth-order valence-corrected chi connectivity index (χ4v) is 5.66. The summed E-state index contributed by atoms with van der Waals surface area (Å²) in [6.45, 7) is 6.30. The standard InChI is InChI=1S/C27H30N2O3S/c1-4-22-7-5-6-8-26(22)28-27(30)23-12-10-21(11-13-23)18-29(33(31,32)25-15-16-25)24-14-9-19(2)20(3)17-24/h5-14,17,25H,4,15-16,18H2,1-3H3,(H,28,30). The molecule has 0 bridgehead atoms. The lowest BCUT2D eigenvalue weighted by atomic mass is 10.1. The second-order valence-electron chi connectivity index (χ2n) is 8.68. The maximum absolute atomic E-state index is 13.2. The van der Waals surface area contributed by atoms with Gasteiger partial charge in [0, 0.05) is 11.3 Å². The van der Waals surface area contributed by atoms with Gasteiger partial charge in [0.15, 0.2) is 0 Å². The molecular weight excluding hydrogens is 432 g/mol. The van der Waals surface area contributed by atoms with E-state index in [-0.39, 0.29) is 17.7 Å². The van der Waals surface area contributed by atoms with Gasteiger partial charge in [-0.2, -0.15) is 0 Å². The van der Waals surface area contributed by atoms with Crippen LogP contribution in [0.2, 0.25) is 0 Å². The molecule has 1 amide bonds. The van der Waals surface area contributed by atoms with Crippen LogP contribution in [0.3, 0.4) is 0 Å². The van der Waals surface area contributed by atoms with Crippen LogP contribution in [0.4, 0.5) is 11.4 Å². The number of rotatable bonds is 8. The van der Waals surface area contributed by atoms with Crippen molar-refractivity contribution in [2.45, 2.75) is 51.8 Å². The molecule has 3 aromatic rings. The minimum Gasteiger partial charge on any atom is -0.322 e. The first-order valence-corrected chi connectivity index (χ1v) is 12.9. The number of carbonyl (C=O) groups is 1. The van der Waals surface area contributed by atoms with E-state index in [9.17, 15) is 13.2 Å². The number of amides is 1. The van der Waals surface area contributed by atoms with Crippen LogP contribution in [-0.2, 0) is 23.0 Å². The van der Waals surface area contributed by atoms with E-state index in [1.54, 1.807) is 12.1 Å². The highest BCUT2D eigenvalue weighted by Crippen LogP contribution is 2.35. The smallest absolute Gasteiger partial charge is 0.255 e. The van der Waals surface area contributed by atoms with E-state index in [0.717, 1.165) is 34.4 Å². The van der Waals surface area contributed by atoms with Crippen LogP contribution in [0.25, 0.3) is 0 Å². The normalized spacial score (nSPS) is 13.5. The first-order valence-electron chi connectivity index (χ1n) is 11.4. The van der Waals surface area contributed by atoms with Gasteiger partial charge in [-0.25, -0.2) is 8.42 Å². The topological polar surface area (TPSA) is 66.5 Å². The van der Waals surface area contributed by atoms with E-state index in [1.807, 2.05) is 68.4 Å². The van der Waals surface area contributed by atoms with Gasteiger partial charge in [-0.1, -0.05) is 43.3 Å². The fraction of sp³-hybridized carbons (Fsp3) is 0.296. The number of para-hydroxylation sites is 1. The molecule has 6 heteroatoms. The molecule has 172 valence electrons. The van der Waals surface area contributed by atoms with E-state index in [0.29, 0.717) is 24.1 Å². The summed E-state index contributed by atoms with van der Waals surface area (Å²) in [5.74, 6) is -0.181. The van der Waals surface area contributed by atoms with E-state index in [2.05, 4.69) is 12.2 Å². The van der Waals surface area contributed by atoms with Crippen molar-refractivity contribution in [3.63, 3.8) is 0 Å².